The van der Waals surface area contributed by atoms with Gasteiger partial charge in [0.05, 0.1) is 0 Å². The molecule has 1 aromatic carbocycles. The number of nitrogens with zero attached hydrogens (tertiary/aromatic N) is 2. The number of hydrogen-bond acceptors (Lipinski definition) is 2. The molecule has 2 amide bonds. The lowest BCUT2D eigenvalue weighted by Gasteiger charge is -2.27. The first kappa shape index (κ1) is 15.4. The van der Waals surface area contributed by atoms with Gasteiger partial charge in [0, 0.05) is 20.1 Å². The van der Waals surface area contributed by atoms with Crippen molar-refractivity contribution in [1.29, 1.82) is 0 Å². The Bertz CT molecular complexity index is 509. The smallest absolute Gasteiger partial charge is 0.323 e. The molecule has 5 heteroatoms. The van der Waals surface area contributed by atoms with Crippen LogP contribution >= 0.6 is 0 Å². The Kier molecular flexibility index (Phi) is 4.83. The van der Waals surface area contributed by atoms with Crippen molar-refractivity contribution < 1.29 is 14.7 Å². The van der Waals surface area contributed by atoms with Gasteiger partial charge in [0.2, 0.25) is 0 Å². The van der Waals surface area contributed by atoms with Crippen LogP contribution in [0.5, 0.6) is 0 Å². The van der Waals surface area contributed by atoms with Gasteiger partial charge in [-0.25, -0.2) is 4.79 Å². The summed E-state index contributed by atoms with van der Waals surface area (Å²) in [6.45, 7) is 2.82. The van der Waals surface area contributed by atoms with E-state index in [1.165, 1.54) is 10.5 Å². The summed E-state index contributed by atoms with van der Waals surface area (Å²) in [5.74, 6) is -0.492. The molecule has 0 aliphatic heterocycles. The van der Waals surface area contributed by atoms with Crippen LogP contribution in [-0.2, 0) is 11.3 Å². The SMILES string of the molecule is Cc1ccc(CN(C)C(=O)N(CC(=O)O)CC2CC2)cc1. The van der Waals surface area contributed by atoms with Crippen molar-refractivity contribution in [3.8, 4) is 0 Å². The van der Waals surface area contributed by atoms with E-state index in [0.29, 0.717) is 19.0 Å². The highest BCUT2D eigenvalue weighted by atomic mass is 16.4. The van der Waals surface area contributed by atoms with E-state index in [1.807, 2.05) is 31.2 Å². The van der Waals surface area contributed by atoms with Crippen LogP contribution in [0.2, 0.25) is 0 Å². The number of carbonyl (C=O) groups is 2. The van der Waals surface area contributed by atoms with E-state index in [0.717, 1.165) is 18.4 Å². The van der Waals surface area contributed by atoms with Crippen LogP contribution in [0.3, 0.4) is 0 Å². The van der Waals surface area contributed by atoms with Gasteiger partial charge in [0.25, 0.3) is 0 Å². The number of carboxylic acid groups (broad SMARTS) is 1. The van der Waals surface area contributed by atoms with Crippen molar-refractivity contribution in [2.45, 2.75) is 26.3 Å². The monoisotopic (exact) mass is 290 g/mol. The topological polar surface area (TPSA) is 60.9 Å². The minimum absolute atomic E-state index is 0.218. The van der Waals surface area contributed by atoms with Gasteiger partial charge in [-0.2, -0.15) is 0 Å². The largest absolute Gasteiger partial charge is 0.480 e. The quantitative estimate of drug-likeness (QED) is 0.874. The van der Waals surface area contributed by atoms with Crippen LogP contribution in [0, 0.1) is 12.8 Å². The Morgan fingerprint density at radius 2 is 1.86 bits per heavy atom. The number of aryl methyl sites for hydroxylation is 1. The van der Waals surface area contributed by atoms with Gasteiger partial charge in [0.1, 0.15) is 6.54 Å². The fourth-order valence-corrected chi connectivity index (χ4v) is 2.26. The molecule has 0 spiro atoms. The van der Waals surface area contributed by atoms with Crippen molar-refractivity contribution in [3.05, 3.63) is 35.4 Å². The highest BCUT2D eigenvalue weighted by molar-refractivity contribution is 5.80. The lowest BCUT2D eigenvalue weighted by Crippen LogP contribution is -2.44. The van der Waals surface area contributed by atoms with E-state index >= 15 is 0 Å². The molecule has 0 saturated heterocycles. The summed E-state index contributed by atoms with van der Waals surface area (Å²) in [4.78, 5) is 26.3. The maximum Gasteiger partial charge on any atom is 0.323 e. The maximum atomic E-state index is 12.4. The molecule has 0 bridgehead atoms. The summed E-state index contributed by atoms with van der Waals surface area (Å²) in [5.41, 5.74) is 2.21. The minimum Gasteiger partial charge on any atom is -0.480 e. The second-order valence-corrected chi connectivity index (χ2v) is 5.84. The van der Waals surface area contributed by atoms with Crippen LogP contribution in [0.4, 0.5) is 4.79 Å². The van der Waals surface area contributed by atoms with Crippen molar-refractivity contribution in [1.82, 2.24) is 9.80 Å². The number of urea groups is 1. The average molecular weight is 290 g/mol. The van der Waals surface area contributed by atoms with Crippen LogP contribution in [-0.4, -0.2) is 47.0 Å². The zero-order valence-electron chi connectivity index (χ0n) is 12.6. The average Bonchev–Trinajstić information content (AvgIpc) is 3.23. The van der Waals surface area contributed by atoms with Crippen molar-refractivity contribution >= 4 is 12.0 Å². The summed E-state index contributed by atoms with van der Waals surface area (Å²) < 4.78 is 0. The third-order valence-corrected chi connectivity index (χ3v) is 3.64. The molecule has 5 nitrogen and oxygen atoms in total. The molecule has 21 heavy (non-hydrogen) atoms. The van der Waals surface area contributed by atoms with Gasteiger partial charge in [-0.05, 0) is 31.2 Å². The maximum absolute atomic E-state index is 12.4. The Labute approximate surface area is 125 Å². The standard InChI is InChI=1S/C16H22N2O3/c1-12-3-5-13(6-4-12)9-17(2)16(21)18(11-15(19)20)10-14-7-8-14/h3-6,14H,7-11H2,1-2H3,(H,19,20). The van der Waals surface area contributed by atoms with Crippen molar-refractivity contribution in [3.63, 3.8) is 0 Å². The van der Waals surface area contributed by atoms with E-state index in [-0.39, 0.29) is 12.6 Å². The molecule has 1 aromatic rings. The normalized spacial score (nSPS) is 13.8. The predicted octanol–water partition coefficient (Wildman–Crippen LogP) is 2.34. The van der Waals surface area contributed by atoms with Gasteiger partial charge in [-0.15, -0.1) is 0 Å². The molecular weight excluding hydrogens is 268 g/mol. The number of carboxylic acids is 1. The molecule has 0 heterocycles. The lowest BCUT2D eigenvalue weighted by atomic mass is 10.1. The molecule has 1 saturated carbocycles. The molecule has 2 rings (SSSR count). The van der Waals surface area contributed by atoms with Gasteiger partial charge in [-0.1, -0.05) is 29.8 Å². The molecule has 1 aliphatic carbocycles. The highest BCUT2D eigenvalue weighted by Gasteiger charge is 2.29. The summed E-state index contributed by atoms with van der Waals surface area (Å²) in [6, 6.07) is 7.77. The van der Waals surface area contributed by atoms with Crippen LogP contribution in [0.15, 0.2) is 24.3 Å². The molecule has 1 N–H and O–H groups in total. The lowest BCUT2D eigenvalue weighted by molar-refractivity contribution is -0.137. The van der Waals surface area contributed by atoms with Crippen molar-refractivity contribution in [2.75, 3.05) is 20.1 Å². The molecule has 0 unspecified atom stereocenters. The summed E-state index contributed by atoms with van der Waals surface area (Å²) in [5, 5.41) is 8.96. The number of hydrogen-bond donors (Lipinski definition) is 1. The summed E-state index contributed by atoms with van der Waals surface area (Å²) >= 11 is 0. The Balaban J connectivity index is 1.97. The van der Waals surface area contributed by atoms with Gasteiger partial charge >= 0.3 is 12.0 Å². The predicted molar refractivity (Wildman–Crippen MR) is 80.0 cm³/mol. The van der Waals surface area contributed by atoms with E-state index in [9.17, 15) is 9.59 Å². The molecule has 0 atom stereocenters. The number of benzene rings is 1. The second kappa shape index (κ2) is 6.61. The van der Waals surface area contributed by atoms with Gasteiger partial charge in [-0.3, -0.25) is 4.79 Å². The first-order chi connectivity index (χ1) is 9.95. The molecule has 114 valence electrons. The van der Waals surface area contributed by atoms with Crippen LogP contribution in [0.25, 0.3) is 0 Å². The first-order valence-corrected chi connectivity index (χ1v) is 7.23. The molecular formula is C16H22N2O3. The molecule has 1 aliphatic rings. The summed E-state index contributed by atoms with van der Waals surface area (Å²) in [7, 11) is 1.71. The van der Waals surface area contributed by atoms with E-state index in [1.54, 1.807) is 11.9 Å². The molecule has 0 radical (unpaired) electrons. The highest BCUT2D eigenvalue weighted by Crippen LogP contribution is 2.30. The number of rotatable bonds is 6. The minimum atomic E-state index is -0.965. The molecule has 1 fully saturated rings. The van der Waals surface area contributed by atoms with E-state index in [4.69, 9.17) is 5.11 Å². The van der Waals surface area contributed by atoms with Crippen LogP contribution < -0.4 is 0 Å². The van der Waals surface area contributed by atoms with Crippen molar-refractivity contribution in [2.24, 2.45) is 5.92 Å². The zero-order chi connectivity index (χ0) is 15.4. The molecule has 0 aromatic heterocycles. The fourth-order valence-electron chi connectivity index (χ4n) is 2.26. The Hall–Kier alpha value is -2.04. The Morgan fingerprint density at radius 1 is 1.24 bits per heavy atom. The second-order valence-electron chi connectivity index (χ2n) is 5.84. The van der Waals surface area contributed by atoms with Gasteiger partial charge in [0.15, 0.2) is 0 Å². The van der Waals surface area contributed by atoms with E-state index in [2.05, 4.69) is 0 Å². The zero-order valence-corrected chi connectivity index (χ0v) is 12.6. The van der Waals surface area contributed by atoms with Gasteiger partial charge < -0.3 is 14.9 Å². The third kappa shape index (κ3) is 4.77. The Morgan fingerprint density at radius 3 is 2.38 bits per heavy atom. The number of amides is 2. The third-order valence-electron chi connectivity index (χ3n) is 3.64. The number of aliphatic carboxylic acids is 1. The van der Waals surface area contributed by atoms with E-state index < -0.39 is 5.97 Å². The number of carbonyl (C=O) groups excluding carboxylic acids is 1. The van der Waals surface area contributed by atoms with Crippen LogP contribution in [0.1, 0.15) is 24.0 Å². The first-order valence-electron chi connectivity index (χ1n) is 7.23. The summed E-state index contributed by atoms with van der Waals surface area (Å²) in [6.07, 6.45) is 2.18. The fraction of sp³-hybridized carbons (Fsp3) is 0.500.